The molecule has 1 aromatic carbocycles. The summed E-state index contributed by atoms with van der Waals surface area (Å²) in [4.78, 5) is 29.8. The number of hydrogen-bond donors (Lipinski definition) is 1. The first-order valence-electron chi connectivity index (χ1n) is 10.3. The Bertz CT molecular complexity index is 967. The molecule has 0 aliphatic carbocycles. The summed E-state index contributed by atoms with van der Waals surface area (Å²) < 4.78 is 11.5. The van der Waals surface area contributed by atoms with E-state index in [0.29, 0.717) is 25.3 Å². The molecule has 3 heterocycles. The van der Waals surface area contributed by atoms with Crippen LogP contribution in [0.4, 0.5) is 10.5 Å². The monoisotopic (exact) mass is 409 g/mol. The van der Waals surface area contributed by atoms with Crippen molar-refractivity contribution < 1.29 is 19.1 Å². The third kappa shape index (κ3) is 4.72. The van der Waals surface area contributed by atoms with E-state index in [0.717, 1.165) is 35.2 Å². The molecule has 2 aromatic rings. The number of hydrogen-bond acceptors (Lipinski definition) is 5. The summed E-state index contributed by atoms with van der Waals surface area (Å²) in [5.74, 6) is 0.735. The van der Waals surface area contributed by atoms with Crippen LogP contribution in [0.15, 0.2) is 36.7 Å². The molecule has 1 N–H and O–H groups in total. The van der Waals surface area contributed by atoms with Crippen molar-refractivity contribution in [3.63, 3.8) is 0 Å². The van der Waals surface area contributed by atoms with Gasteiger partial charge in [0.1, 0.15) is 17.5 Å². The summed E-state index contributed by atoms with van der Waals surface area (Å²) in [5.41, 5.74) is 3.48. The second kappa shape index (κ2) is 7.97. The number of rotatable bonds is 3. The van der Waals surface area contributed by atoms with E-state index in [9.17, 15) is 9.59 Å². The number of anilines is 1. The zero-order valence-electron chi connectivity index (χ0n) is 17.6. The van der Waals surface area contributed by atoms with E-state index in [-0.39, 0.29) is 18.1 Å². The molecule has 1 fully saturated rings. The molecule has 7 heteroatoms. The standard InChI is InChI=1S/C23H27N3O4/c1-23(2,3)30-22(28)26-9-8-18(14-26)29-19-11-17(12-24-13-19)15-4-6-20-16(10-15)5-7-21(27)25-20/h4,6,10-13,18H,5,7-9,14H2,1-3H3,(H,25,27). The molecule has 158 valence electrons. The van der Waals surface area contributed by atoms with Crippen molar-refractivity contribution in [2.75, 3.05) is 18.4 Å². The Morgan fingerprint density at radius 1 is 1.17 bits per heavy atom. The summed E-state index contributed by atoms with van der Waals surface area (Å²) in [5, 5.41) is 2.90. The molecule has 1 unspecified atom stereocenters. The first-order valence-corrected chi connectivity index (χ1v) is 10.3. The third-order valence-electron chi connectivity index (χ3n) is 5.15. The molecular formula is C23H27N3O4. The zero-order chi connectivity index (χ0) is 21.3. The van der Waals surface area contributed by atoms with Crippen molar-refractivity contribution in [2.45, 2.75) is 51.7 Å². The van der Waals surface area contributed by atoms with E-state index in [1.807, 2.05) is 39.0 Å². The lowest BCUT2D eigenvalue weighted by Gasteiger charge is -2.24. The van der Waals surface area contributed by atoms with E-state index in [1.165, 1.54) is 0 Å². The number of likely N-dealkylation sites (tertiary alicyclic amines) is 1. The lowest BCUT2D eigenvalue weighted by molar-refractivity contribution is -0.116. The van der Waals surface area contributed by atoms with E-state index in [4.69, 9.17) is 9.47 Å². The third-order valence-corrected chi connectivity index (χ3v) is 5.15. The number of carbonyl (C=O) groups is 2. The lowest BCUT2D eigenvalue weighted by Crippen LogP contribution is -2.36. The maximum absolute atomic E-state index is 12.2. The highest BCUT2D eigenvalue weighted by molar-refractivity contribution is 5.94. The molecular weight excluding hydrogens is 382 g/mol. The van der Waals surface area contributed by atoms with Crippen molar-refractivity contribution in [3.8, 4) is 16.9 Å². The largest absolute Gasteiger partial charge is 0.487 e. The van der Waals surface area contributed by atoms with E-state index >= 15 is 0 Å². The number of nitrogens with one attached hydrogen (secondary N) is 1. The molecule has 30 heavy (non-hydrogen) atoms. The molecule has 4 rings (SSSR count). The van der Waals surface area contributed by atoms with Gasteiger partial charge in [-0.1, -0.05) is 6.07 Å². The van der Waals surface area contributed by atoms with Gasteiger partial charge < -0.3 is 19.7 Å². The molecule has 1 atom stereocenters. The van der Waals surface area contributed by atoms with Gasteiger partial charge >= 0.3 is 6.09 Å². The number of fused-ring (bicyclic) bond motifs is 1. The topological polar surface area (TPSA) is 80.8 Å². The van der Waals surface area contributed by atoms with E-state index in [1.54, 1.807) is 17.3 Å². The summed E-state index contributed by atoms with van der Waals surface area (Å²) >= 11 is 0. The van der Waals surface area contributed by atoms with E-state index in [2.05, 4.69) is 16.4 Å². The molecule has 1 aromatic heterocycles. The summed E-state index contributed by atoms with van der Waals surface area (Å²) in [6.07, 6.45) is 5.10. The van der Waals surface area contributed by atoms with Gasteiger partial charge in [0.05, 0.1) is 12.7 Å². The van der Waals surface area contributed by atoms with Crippen molar-refractivity contribution in [2.24, 2.45) is 0 Å². The van der Waals surface area contributed by atoms with Gasteiger partial charge in [0, 0.05) is 36.8 Å². The fourth-order valence-electron chi connectivity index (χ4n) is 3.71. The van der Waals surface area contributed by atoms with E-state index < -0.39 is 5.60 Å². The number of pyridine rings is 1. The lowest BCUT2D eigenvalue weighted by atomic mass is 9.98. The molecule has 1 saturated heterocycles. The highest BCUT2D eigenvalue weighted by atomic mass is 16.6. The summed E-state index contributed by atoms with van der Waals surface area (Å²) in [6, 6.07) is 7.97. The molecule has 2 aliphatic heterocycles. The van der Waals surface area contributed by atoms with Crippen molar-refractivity contribution in [1.29, 1.82) is 0 Å². The minimum Gasteiger partial charge on any atom is -0.487 e. The number of benzene rings is 1. The Hall–Kier alpha value is -3.09. The van der Waals surface area contributed by atoms with Crippen LogP contribution in [-0.4, -0.2) is 46.7 Å². The van der Waals surface area contributed by atoms with Crippen LogP contribution in [0.2, 0.25) is 0 Å². The summed E-state index contributed by atoms with van der Waals surface area (Å²) in [7, 11) is 0. The van der Waals surface area contributed by atoms with Crippen LogP contribution in [0.5, 0.6) is 5.75 Å². The Balaban J connectivity index is 1.42. The average molecular weight is 409 g/mol. The van der Waals surface area contributed by atoms with Crippen molar-refractivity contribution >= 4 is 17.7 Å². The van der Waals surface area contributed by atoms with Crippen LogP contribution in [0, 0.1) is 0 Å². The molecule has 0 radical (unpaired) electrons. The highest BCUT2D eigenvalue weighted by Gasteiger charge is 2.31. The maximum atomic E-state index is 12.2. The van der Waals surface area contributed by atoms with Gasteiger partial charge in [0.15, 0.2) is 0 Å². The zero-order valence-corrected chi connectivity index (χ0v) is 17.6. The van der Waals surface area contributed by atoms with Gasteiger partial charge in [0.2, 0.25) is 5.91 Å². The molecule has 0 bridgehead atoms. The van der Waals surface area contributed by atoms with Crippen LogP contribution in [-0.2, 0) is 16.0 Å². The number of aryl methyl sites for hydroxylation is 1. The van der Waals surface area contributed by atoms with Gasteiger partial charge in [-0.15, -0.1) is 0 Å². The van der Waals surface area contributed by atoms with Gasteiger partial charge in [-0.2, -0.15) is 0 Å². The van der Waals surface area contributed by atoms with Crippen LogP contribution in [0.1, 0.15) is 39.2 Å². The maximum Gasteiger partial charge on any atom is 0.410 e. The molecule has 2 aliphatic rings. The van der Waals surface area contributed by atoms with Gasteiger partial charge in [0.25, 0.3) is 0 Å². The minimum absolute atomic E-state index is 0.0595. The number of amides is 2. The van der Waals surface area contributed by atoms with Gasteiger partial charge in [-0.25, -0.2) is 4.79 Å². The number of carbonyl (C=O) groups excluding carboxylic acids is 2. The second-order valence-corrected chi connectivity index (χ2v) is 8.78. The van der Waals surface area contributed by atoms with Crippen molar-refractivity contribution in [1.82, 2.24) is 9.88 Å². The highest BCUT2D eigenvalue weighted by Crippen LogP contribution is 2.30. The first-order chi connectivity index (χ1) is 14.3. The fourth-order valence-corrected chi connectivity index (χ4v) is 3.71. The smallest absolute Gasteiger partial charge is 0.410 e. The number of ether oxygens (including phenoxy) is 2. The van der Waals surface area contributed by atoms with Crippen LogP contribution in [0.25, 0.3) is 11.1 Å². The molecule has 0 spiro atoms. The minimum atomic E-state index is -0.508. The van der Waals surface area contributed by atoms with Crippen LogP contribution < -0.4 is 10.1 Å². The Morgan fingerprint density at radius 3 is 2.80 bits per heavy atom. The Labute approximate surface area is 176 Å². The van der Waals surface area contributed by atoms with Crippen molar-refractivity contribution in [3.05, 3.63) is 42.2 Å². The molecule has 0 saturated carbocycles. The fraction of sp³-hybridized carbons (Fsp3) is 0.435. The predicted octanol–water partition coefficient (Wildman–Crippen LogP) is 4.02. The van der Waals surface area contributed by atoms with Gasteiger partial charge in [-0.3, -0.25) is 9.78 Å². The van der Waals surface area contributed by atoms with Gasteiger partial charge in [-0.05, 0) is 56.5 Å². The molecule has 2 amide bonds. The van der Waals surface area contributed by atoms with Crippen LogP contribution >= 0.6 is 0 Å². The summed E-state index contributed by atoms with van der Waals surface area (Å²) in [6.45, 7) is 6.70. The Morgan fingerprint density at radius 2 is 2.00 bits per heavy atom. The normalized spacial score (nSPS) is 18.6. The predicted molar refractivity (Wildman–Crippen MR) is 113 cm³/mol. The number of nitrogens with zero attached hydrogens (tertiary/aromatic N) is 2. The second-order valence-electron chi connectivity index (χ2n) is 8.78. The quantitative estimate of drug-likeness (QED) is 0.828. The Kier molecular flexibility index (Phi) is 5.37. The average Bonchev–Trinajstić information content (AvgIpc) is 3.15. The van der Waals surface area contributed by atoms with Crippen LogP contribution in [0.3, 0.4) is 0 Å². The first kappa shape index (κ1) is 20.2. The molecule has 7 nitrogen and oxygen atoms in total. The number of aromatic nitrogens is 1. The SMILES string of the molecule is CC(C)(C)OC(=O)N1CCC(Oc2cncc(-c3ccc4c(c3)CCC(=O)N4)c2)C1.